The number of nitrogens with two attached hydrogens (primary N) is 1. The Labute approximate surface area is 161 Å². The standard InChI is InChI=1S/C22H17N5O/c23-26-14-15-7-8-16-12-17(22(28)27-18-5-2-1-3-6-18)13-20(19(16)11-15)21-24-9-4-10-25-21/h1-14H,23H2,(H,27,28). The highest BCUT2D eigenvalue weighted by Gasteiger charge is 2.14. The summed E-state index contributed by atoms with van der Waals surface area (Å²) in [6.45, 7) is 0. The van der Waals surface area contributed by atoms with Crippen LogP contribution in [-0.4, -0.2) is 22.1 Å². The van der Waals surface area contributed by atoms with Gasteiger partial charge in [-0.25, -0.2) is 9.97 Å². The monoisotopic (exact) mass is 367 g/mol. The van der Waals surface area contributed by atoms with Crippen molar-refractivity contribution >= 4 is 28.6 Å². The van der Waals surface area contributed by atoms with Gasteiger partial charge in [0.1, 0.15) is 0 Å². The van der Waals surface area contributed by atoms with Crippen LogP contribution in [0.15, 0.2) is 84.2 Å². The average molecular weight is 367 g/mol. The molecule has 0 atom stereocenters. The number of fused-ring (bicyclic) bond motifs is 1. The summed E-state index contributed by atoms with van der Waals surface area (Å²) in [5, 5.41) is 8.32. The van der Waals surface area contributed by atoms with Gasteiger partial charge in [-0.1, -0.05) is 30.3 Å². The molecule has 4 aromatic rings. The van der Waals surface area contributed by atoms with Gasteiger partial charge >= 0.3 is 0 Å². The Morgan fingerprint density at radius 3 is 2.50 bits per heavy atom. The van der Waals surface area contributed by atoms with Gasteiger partial charge in [-0.15, -0.1) is 0 Å². The number of nitrogens with one attached hydrogen (secondary N) is 1. The quantitative estimate of drug-likeness (QED) is 0.325. The molecule has 3 aromatic carbocycles. The summed E-state index contributed by atoms with van der Waals surface area (Å²) in [6.07, 6.45) is 4.93. The minimum atomic E-state index is -0.196. The number of hydrogen-bond acceptors (Lipinski definition) is 5. The Balaban J connectivity index is 1.84. The summed E-state index contributed by atoms with van der Waals surface area (Å²) in [5.41, 5.74) is 2.89. The number of hydrogen-bond donors (Lipinski definition) is 2. The third kappa shape index (κ3) is 3.57. The van der Waals surface area contributed by atoms with Crippen LogP contribution in [0, 0.1) is 0 Å². The number of hydrazone groups is 1. The molecule has 6 nitrogen and oxygen atoms in total. The Hall–Kier alpha value is -4.06. The highest BCUT2D eigenvalue weighted by atomic mass is 16.1. The van der Waals surface area contributed by atoms with Crippen LogP contribution in [0.4, 0.5) is 5.69 Å². The van der Waals surface area contributed by atoms with E-state index in [4.69, 9.17) is 5.84 Å². The first-order valence-electron chi connectivity index (χ1n) is 8.69. The van der Waals surface area contributed by atoms with Gasteiger partial charge in [-0.2, -0.15) is 5.10 Å². The molecule has 28 heavy (non-hydrogen) atoms. The smallest absolute Gasteiger partial charge is 0.255 e. The molecule has 0 unspecified atom stereocenters. The molecule has 1 aromatic heterocycles. The van der Waals surface area contributed by atoms with Gasteiger partial charge in [-0.05, 0) is 52.7 Å². The fourth-order valence-corrected chi connectivity index (χ4v) is 3.02. The molecule has 1 heterocycles. The summed E-state index contributed by atoms with van der Waals surface area (Å²) < 4.78 is 0. The second kappa shape index (κ2) is 7.67. The first-order chi connectivity index (χ1) is 13.7. The predicted octanol–water partition coefficient (Wildman–Crippen LogP) is 3.84. The molecular formula is C22H17N5O. The van der Waals surface area contributed by atoms with E-state index in [1.54, 1.807) is 30.7 Å². The number of carbonyl (C=O) groups is 1. The lowest BCUT2D eigenvalue weighted by Gasteiger charge is -2.11. The Morgan fingerprint density at radius 2 is 1.75 bits per heavy atom. The maximum Gasteiger partial charge on any atom is 0.255 e. The molecule has 0 aliphatic rings. The van der Waals surface area contributed by atoms with Crippen LogP contribution in [0.5, 0.6) is 0 Å². The summed E-state index contributed by atoms with van der Waals surface area (Å²) in [6, 6.07) is 20.5. The Kier molecular flexibility index (Phi) is 4.76. The lowest BCUT2D eigenvalue weighted by molar-refractivity contribution is 0.102. The van der Waals surface area contributed by atoms with Crippen LogP contribution >= 0.6 is 0 Å². The maximum absolute atomic E-state index is 12.8. The second-order valence-corrected chi connectivity index (χ2v) is 6.18. The van der Waals surface area contributed by atoms with E-state index < -0.39 is 0 Å². The van der Waals surface area contributed by atoms with Gasteiger partial charge in [0.05, 0.1) is 6.21 Å². The van der Waals surface area contributed by atoms with Crippen LogP contribution in [0.25, 0.3) is 22.2 Å². The average Bonchev–Trinajstić information content (AvgIpc) is 2.74. The van der Waals surface area contributed by atoms with Crippen LogP contribution < -0.4 is 11.2 Å². The van der Waals surface area contributed by atoms with Crippen molar-refractivity contribution in [3.8, 4) is 11.4 Å². The van der Waals surface area contributed by atoms with Crippen LogP contribution in [0.3, 0.4) is 0 Å². The molecule has 0 fully saturated rings. The van der Waals surface area contributed by atoms with E-state index in [1.165, 1.54) is 0 Å². The molecule has 3 N–H and O–H groups in total. The third-order valence-electron chi connectivity index (χ3n) is 4.30. The Morgan fingerprint density at radius 1 is 0.964 bits per heavy atom. The SMILES string of the molecule is NN=Cc1ccc2cc(C(=O)Nc3ccccc3)cc(-c3ncccn3)c2c1. The summed E-state index contributed by atoms with van der Waals surface area (Å²) >= 11 is 0. The van der Waals surface area contributed by atoms with Crippen molar-refractivity contribution in [3.05, 3.63) is 90.3 Å². The highest BCUT2D eigenvalue weighted by molar-refractivity contribution is 6.09. The van der Waals surface area contributed by atoms with E-state index in [-0.39, 0.29) is 5.91 Å². The zero-order valence-corrected chi connectivity index (χ0v) is 14.9. The zero-order chi connectivity index (χ0) is 19.3. The van der Waals surface area contributed by atoms with Gasteiger partial charge in [0.25, 0.3) is 5.91 Å². The van der Waals surface area contributed by atoms with Crippen molar-refractivity contribution in [2.75, 3.05) is 5.32 Å². The van der Waals surface area contributed by atoms with Gasteiger partial charge < -0.3 is 11.2 Å². The van der Waals surface area contributed by atoms with Crippen LogP contribution in [0.2, 0.25) is 0 Å². The molecule has 136 valence electrons. The number of aromatic nitrogens is 2. The van der Waals surface area contributed by atoms with E-state index >= 15 is 0 Å². The summed E-state index contributed by atoms with van der Waals surface area (Å²) in [5.74, 6) is 5.63. The number of benzene rings is 3. The molecule has 0 radical (unpaired) electrons. The van der Waals surface area contributed by atoms with Crippen molar-refractivity contribution in [1.29, 1.82) is 0 Å². The molecule has 6 heteroatoms. The molecule has 0 saturated heterocycles. The van der Waals surface area contributed by atoms with Gasteiger partial charge in [-0.3, -0.25) is 4.79 Å². The molecule has 1 amide bonds. The van der Waals surface area contributed by atoms with E-state index in [2.05, 4.69) is 20.4 Å². The first-order valence-corrected chi connectivity index (χ1v) is 8.69. The number of amides is 1. The lowest BCUT2D eigenvalue weighted by atomic mass is 9.98. The van der Waals surface area contributed by atoms with Gasteiger partial charge in [0.15, 0.2) is 5.82 Å². The van der Waals surface area contributed by atoms with E-state index in [9.17, 15) is 4.79 Å². The number of rotatable bonds is 4. The topological polar surface area (TPSA) is 93.3 Å². The Bertz CT molecular complexity index is 1160. The van der Waals surface area contributed by atoms with Crippen molar-refractivity contribution in [1.82, 2.24) is 9.97 Å². The van der Waals surface area contributed by atoms with E-state index in [1.807, 2.05) is 54.6 Å². The molecule has 4 rings (SSSR count). The number of para-hydroxylation sites is 1. The second-order valence-electron chi connectivity index (χ2n) is 6.18. The number of nitrogens with zero attached hydrogens (tertiary/aromatic N) is 3. The fourth-order valence-electron chi connectivity index (χ4n) is 3.02. The third-order valence-corrected chi connectivity index (χ3v) is 4.30. The van der Waals surface area contributed by atoms with Crippen molar-refractivity contribution < 1.29 is 4.79 Å². The summed E-state index contributed by atoms with van der Waals surface area (Å²) in [4.78, 5) is 21.5. The lowest BCUT2D eigenvalue weighted by Crippen LogP contribution is -2.12. The first kappa shape index (κ1) is 17.4. The predicted molar refractivity (Wildman–Crippen MR) is 111 cm³/mol. The van der Waals surface area contributed by atoms with Crippen molar-refractivity contribution in [2.24, 2.45) is 10.9 Å². The number of anilines is 1. The van der Waals surface area contributed by atoms with Crippen molar-refractivity contribution in [2.45, 2.75) is 0 Å². The van der Waals surface area contributed by atoms with Gasteiger partial charge in [0, 0.05) is 29.2 Å². The molecule has 0 spiro atoms. The molecule has 0 aliphatic carbocycles. The van der Waals surface area contributed by atoms with E-state index in [0.29, 0.717) is 11.4 Å². The minimum absolute atomic E-state index is 0.196. The normalized spacial score (nSPS) is 11.0. The van der Waals surface area contributed by atoms with E-state index in [0.717, 1.165) is 27.6 Å². The molecule has 0 aliphatic heterocycles. The van der Waals surface area contributed by atoms with Crippen molar-refractivity contribution in [3.63, 3.8) is 0 Å². The fraction of sp³-hybridized carbons (Fsp3) is 0. The molecular weight excluding hydrogens is 350 g/mol. The zero-order valence-electron chi connectivity index (χ0n) is 14.9. The van der Waals surface area contributed by atoms with Crippen LogP contribution in [-0.2, 0) is 0 Å². The highest BCUT2D eigenvalue weighted by Crippen LogP contribution is 2.29. The largest absolute Gasteiger partial charge is 0.323 e. The molecule has 0 bridgehead atoms. The van der Waals surface area contributed by atoms with Crippen LogP contribution in [0.1, 0.15) is 15.9 Å². The summed E-state index contributed by atoms with van der Waals surface area (Å²) in [7, 11) is 0. The van der Waals surface area contributed by atoms with Gasteiger partial charge in [0.2, 0.25) is 0 Å². The molecule has 0 saturated carbocycles. The number of carbonyl (C=O) groups excluding carboxylic acids is 1. The minimum Gasteiger partial charge on any atom is -0.323 e. The maximum atomic E-state index is 12.8.